The molecule has 4 aromatic rings. The lowest BCUT2D eigenvalue weighted by molar-refractivity contribution is 0.0601. The number of methoxy groups -OCH3 is 1. The third-order valence-electron chi connectivity index (χ3n) is 6.07. The van der Waals surface area contributed by atoms with E-state index in [1.165, 1.54) is 7.11 Å². The van der Waals surface area contributed by atoms with Gasteiger partial charge in [-0.05, 0) is 85.7 Å². The Hall–Kier alpha value is -3.97. The van der Waals surface area contributed by atoms with Gasteiger partial charge < -0.3 is 19.4 Å². The van der Waals surface area contributed by atoms with Gasteiger partial charge in [-0.25, -0.2) is 4.79 Å². The molecule has 0 radical (unpaired) electrons. The van der Waals surface area contributed by atoms with Crippen LogP contribution in [0.5, 0.6) is 0 Å². The molecule has 1 fully saturated rings. The summed E-state index contributed by atoms with van der Waals surface area (Å²) in [6.45, 7) is 4.15. The Kier molecular flexibility index (Phi) is 6.09. The molecule has 0 unspecified atom stereocenters. The number of esters is 1. The van der Waals surface area contributed by atoms with E-state index in [0.29, 0.717) is 16.4 Å². The lowest BCUT2D eigenvalue weighted by Gasteiger charge is -2.26. The number of nitrogens with one attached hydrogen (secondary N) is 1. The summed E-state index contributed by atoms with van der Waals surface area (Å²) in [6, 6.07) is 22.9. The van der Waals surface area contributed by atoms with Gasteiger partial charge in [0.05, 0.1) is 24.4 Å². The van der Waals surface area contributed by atoms with E-state index in [2.05, 4.69) is 47.2 Å². The second-order valence-corrected chi connectivity index (χ2v) is 9.00. The minimum Gasteiger partial charge on any atom is -0.465 e. The molecule has 0 saturated carbocycles. The first kappa shape index (κ1) is 22.8. The molecule has 2 aromatic carbocycles. The molecule has 0 aliphatic carbocycles. The lowest BCUT2D eigenvalue weighted by Crippen LogP contribution is -2.29. The molecule has 1 saturated heterocycles. The van der Waals surface area contributed by atoms with Crippen molar-refractivity contribution in [1.82, 2.24) is 10.3 Å². The van der Waals surface area contributed by atoms with Crippen molar-refractivity contribution in [2.24, 2.45) is 0 Å². The maximum Gasteiger partial charge on any atom is 0.337 e. The van der Waals surface area contributed by atoms with Crippen molar-refractivity contribution < 1.29 is 13.9 Å². The average Bonchev–Trinajstić information content (AvgIpc) is 3.48. The van der Waals surface area contributed by atoms with E-state index in [9.17, 15) is 4.79 Å². The number of rotatable bonds is 5. The molecule has 0 spiro atoms. The van der Waals surface area contributed by atoms with E-state index in [-0.39, 0.29) is 18.1 Å². The highest BCUT2D eigenvalue weighted by Crippen LogP contribution is 2.43. The molecule has 5 rings (SSSR count). The van der Waals surface area contributed by atoms with E-state index in [1.807, 2.05) is 42.5 Å². The summed E-state index contributed by atoms with van der Waals surface area (Å²) in [4.78, 5) is 18.7. The lowest BCUT2D eigenvalue weighted by atomic mass is 10.0. The van der Waals surface area contributed by atoms with E-state index >= 15 is 0 Å². The second-order valence-electron chi connectivity index (χ2n) is 8.62. The summed E-state index contributed by atoms with van der Waals surface area (Å²) in [6.07, 6.45) is 1.78. The maximum atomic E-state index is 12.0. The number of hydrogen-bond donors (Lipinski definition) is 1. The summed E-state index contributed by atoms with van der Waals surface area (Å²) in [5.74, 6) is 1.01. The number of carbonyl (C=O) groups excluding carboxylic acids is 1. The monoisotopic (exact) mass is 483 g/mol. The fourth-order valence-corrected chi connectivity index (χ4v) is 4.94. The minimum absolute atomic E-state index is 0.204. The fraction of sp³-hybridized carbons (Fsp3) is 0.179. The highest BCUT2D eigenvalue weighted by atomic mass is 32.1. The number of nitrogens with zero attached hydrogens (tertiary/aromatic N) is 2. The van der Waals surface area contributed by atoms with Crippen LogP contribution < -0.4 is 10.2 Å². The predicted molar refractivity (Wildman–Crippen MR) is 139 cm³/mol. The van der Waals surface area contributed by atoms with Crippen LogP contribution in [0.4, 0.5) is 5.69 Å². The third kappa shape index (κ3) is 4.42. The Morgan fingerprint density at radius 3 is 2.54 bits per heavy atom. The maximum absolute atomic E-state index is 12.0. The highest BCUT2D eigenvalue weighted by Gasteiger charge is 2.42. The minimum atomic E-state index is -0.389. The molecular formula is C28H25N3O3S. The molecular weight excluding hydrogens is 458 g/mol. The van der Waals surface area contributed by atoms with E-state index < -0.39 is 0 Å². The van der Waals surface area contributed by atoms with Gasteiger partial charge in [0, 0.05) is 17.4 Å². The average molecular weight is 484 g/mol. The smallest absolute Gasteiger partial charge is 0.337 e. The standard InChI is InChI=1S/C28H25N3O3S/c1-17-13-18(2)15-21(14-17)31-26(25(30-28(31)35)22-9-4-5-12-29-22)24-11-10-23(34-24)19-7-6-8-20(16-19)27(32)33-3/h4-16,25-26H,1-3H3,(H,30,35)/t25-,26-/m1/s1. The highest BCUT2D eigenvalue weighted by molar-refractivity contribution is 7.80. The van der Waals surface area contributed by atoms with Crippen LogP contribution in [-0.2, 0) is 4.74 Å². The third-order valence-corrected chi connectivity index (χ3v) is 6.38. The summed E-state index contributed by atoms with van der Waals surface area (Å²) in [5.41, 5.74) is 5.44. The zero-order valence-electron chi connectivity index (χ0n) is 19.7. The second kappa shape index (κ2) is 9.35. The molecule has 0 amide bonds. The van der Waals surface area contributed by atoms with Crippen molar-refractivity contribution in [1.29, 1.82) is 0 Å². The Morgan fingerprint density at radius 1 is 1.03 bits per heavy atom. The topological polar surface area (TPSA) is 67.6 Å². The number of aromatic nitrogens is 1. The Bertz CT molecular complexity index is 1380. The number of hydrogen-bond acceptors (Lipinski definition) is 5. The molecule has 6 nitrogen and oxygen atoms in total. The number of pyridine rings is 1. The van der Waals surface area contributed by atoms with Crippen LogP contribution >= 0.6 is 12.2 Å². The predicted octanol–water partition coefficient (Wildman–Crippen LogP) is 5.92. The largest absolute Gasteiger partial charge is 0.465 e. The quantitative estimate of drug-likeness (QED) is 0.279. The van der Waals surface area contributed by atoms with Gasteiger partial charge in [0.2, 0.25) is 0 Å². The SMILES string of the molecule is COC(=O)c1cccc(-c2ccc([C@@H]3[C@@H](c4ccccn4)NC(=S)N3c3cc(C)cc(C)c3)o2)c1. The molecule has 0 bridgehead atoms. The van der Waals surface area contributed by atoms with Gasteiger partial charge in [-0.3, -0.25) is 4.98 Å². The van der Waals surface area contributed by atoms with E-state index in [4.69, 9.17) is 21.4 Å². The van der Waals surface area contributed by atoms with Crippen molar-refractivity contribution in [2.45, 2.75) is 25.9 Å². The zero-order chi connectivity index (χ0) is 24.5. The number of carbonyl (C=O) groups is 1. The van der Waals surface area contributed by atoms with Gasteiger partial charge in [0.15, 0.2) is 5.11 Å². The number of benzene rings is 2. The fourth-order valence-electron chi connectivity index (χ4n) is 4.60. The van der Waals surface area contributed by atoms with Crippen molar-refractivity contribution in [3.63, 3.8) is 0 Å². The van der Waals surface area contributed by atoms with Gasteiger partial charge in [0.25, 0.3) is 0 Å². The van der Waals surface area contributed by atoms with Crippen LogP contribution in [0.25, 0.3) is 11.3 Å². The molecule has 3 heterocycles. The molecule has 2 atom stereocenters. The van der Waals surface area contributed by atoms with Gasteiger partial charge in [0.1, 0.15) is 17.6 Å². The summed E-state index contributed by atoms with van der Waals surface area (Å²) in [7, 11) is 1.37. The molecule has 1 aliphatic heterocycles. The van der Waals surface area contributed by atoms with Crippen LogP contribution in [0.15, 0.2) is 83.4 Å². The van der Waals surface area contributed by atoms with Crippen LogP contribution in [-0.4, -0.2) is 23.2 Å². The number of anilines is 1. The summed E-state index contributed by atoms with van der Waals surface area (Å²) >= 11 is 5.82. The normalized spacial score (nSPS) is 17.3. The van der Waals surface area contributed by atoms with Crippen LogP contribution in [0.3, 0.4) is 0 Å². The Morgan fingerprint density at radius 2 is 1.83 bits per heavy atom. The summed E-state index contributed by atoms with van der Waals surface area (Å²) < 4.78 is 11.3. The van der Waals surface area contributed by atoms with Crippen molar-refractivity contribution >= 4 is 29.0 Å². The number of furan rings is 1. The van der Waals surface area contributed by atoms with Crippen LogP contribution in [0, 0.1) is 13.8 Å². The first-order valence-electron chi connectivity index (χ1n) is 11.3. The van der Waals surface area contributed by atoms with Crippen LogP contribution in [0.2, 0.25) is 0 Å². The van der Waals surface area contributed by atoms with Gasteiger partial charge in [-0.15, -0.1) is 0 Å². The van der Waals surface area contributed by atoms with Gasteiger partial charge in [-0.2, -0.15) is 0 Å². The molecule has 1 aliphatic rings. The molecule has 1 N–H and O–H groups in total. The van der Waals surface area contributed by atoms with E-state index in [1.54, 1.807) is 18.3 Å². The zero-order valence-corrected chi connectivity index (χ0v) is 20.5. The number of thiocarbonyl (C=S) groups is 1. The van der Waals surface area contributed by atoms with Crippen LogP contribution in [0.1, 0.15) is 45.0 Å². The van der Waals surface area contributed by atoms with Gasteiger partial charge in [-0.1, -0.05) is 24.3 Å². The molecule has 35 heavy (non-hydrogen) atoms. The first-order valence-corrected chi connectivity index (χ1v) is 11.7. The summed E-state index contributed by atoms with van der Waals surface area (Å²) in [5, 5.41) is 4.07. The molecule has 7 heteroatoms. The van der Waals surface area contributed by atoms with E-state index in [0.717, 1.165) is 33.8 Å². The van der Waals surface area contributed by atoms with Crippen molar-refractivity contribution in [3.8, 4) is 11.3 Å². The van der Waals surface area contributed by atoms with Crippen molar-refractivity contribution in [3.05, 3.63) is 107 Å². The molecule has 176 valence electrons. The van der Waals surface area contributed by atoms with Gasteiger partial charge >= 0.3 is 5.97 Å². The molecule has 2 aromatic heterocycles. The Labute approximate surface area is 209 Å². The number of ether oxygens (including phenoxy) is 1. The van der Waals surface area contributed by atoms with Crippen molar-refractivity contribution in [2.75, 3.05) is 12.0 Å². The first-order chi connectivity index (χ1) is 16.9. The Balaban J connectivity index is 1.59. The number of aryl methyl sites for hydroxylation is 2.